The van der Waals surface area contributed by atoms with E-state index in [0.29, 0.717) is 30.2 Å². The fraction of sp³-hybridized carbons (Fsp3) is 0.533. The van der Waals surface area contributed by atoms with Crippen LogP contribution in [0.4, 0.5) is 0 Å². The maximum atomic E-state index is 11.4. The molecule has 4 nitrogen and oxygen atoms in total. The molecule has 0 bridgehead atoms. The number of methoxy groups -OCH3 is 1. The number of hydrogen-bond acceptors (Lipinski definition) is 4. The van der Waals surface area contributed by atoms with Crippen molar-refractivity contribution in [1.29, 1.82) is 0 Å². The van der Waals surface area contributed by atoms with Crippen LogP contribution in [-0.4, -0.2) is 19.7 Å². The molecule has 0 spiro atoms. The van der Waals surface area contributed by atoms with Crippen molar-refractivity contribution in [3.63, 3.8) is 0 Å². The summed E-state index contributed by atoms with van der Waals surface area (Å²) in [6.45, 7) is 4.18. The fourth-order valence-corrected chi connectivity index (χ4v) is 2.39. The third-order valence-corrected chi connectivity index (χ3v) is 3.41. The number of esters is 1. The molecule has 0 fully saturated rings. The van der Waals surface area contributed by atoms with Gasteiger partial charge < -0.3 is 15.2 Å². The van der Waals surface area contributed by atoms with Crippen molar-refractivity contribution < 1.29 is 14.3 Å². The topological polar surface area (TPSA) is 61.5 Å². The van der Waals surface area contributed by atoms with Crippen LogP contribution in [0, 0.1) is 5.92 Å². The first kappa shape index (κ1) is 16.8. The summed E-state index contributed by atoms with van der Waals surface area (Å²) in [4.78, 5) is 11.4. The smallest absolute Gasteiger partial charge is 0.306 e. The molecule has 112 valence electrons. The van der Waals surface area contributed by atoms with Gasteiger partial charge in [0.25, 0.3) is 0 Å². The molecule has 2 unspecified atom stereocenters. The summed E-state index contributed by atoms with van der Waals surface area (Å²) in [5.74, 6) is 0.653. The lowest BCUT2D eigenvalue weighted by atomic mass is 9.94. The van der Waals surface area contributed by atoms with Crippen LogP contribution in [0.5, 0.6) is 5.75 Å². The Kier molecular flexibility index (Phi) is 6.82. The minimum Gasteiger partial charge on any atom is -0.497 e. The second-order valence-corrected chi connectivity index (χ2v) is 5.25. The Hall–Kier alpha value is -1.26. The van der Waals surface area contributed by atoms with Gasteiger partial charge in [0, 0.05) is 17.5 Å². The Morgan fingerprint density at radius 3 is 2.70 bits per heavy atom. The van der Waals surface area contributed by atoms with E-state index in [9.17, 15) is 4.79 Å². The van der Waals surface area contributed by atoms with Crippen molar-refractivity contribution in [3.05, 3.63) is 28.8 Å². The lowest BCUT2D eigenvalue weighted by Gasteiger charge is -2.18. The van der Waals surface area contributed by atoms with Gasteiger partial charge in [-0.05, 0) is 37.0 Å². The normalized spacial score (nSPS) is 13.7. The molecular weight excluding hydrogens is 278 g/mol. The van der Waals surface area contributed by atoms with Gasteiger partial charge in [-0.25, -0.2) is 0 Å². The van der Waals surface area contributed by atoms with Gasteiger partial charge in [-0.15, -0.1) is 0 Å². The van der Waals surface area contributed by atoms with Gasteiger partial charge in [0.05, 0.1) is 13.7 Å². The lowest BCUT2D eigenvalue weighted by molar-refractivity contribution is -0.144. The second-order valence-electron chi connectivity index (χ2n) is 4.84. The van der Waals surface area contributed by atoms with Crippen molar-refractivity contribution in [3.8, 4) is 5.75 Å². The zero-order chi connectivity index (χ0) is 15.1. The van der Waals surface area contributed by atoms with E-state index in [2.05, 4.69) is 0 Å². The van der Waals surface area contributed by atoms with Crippen molar-refractivity contribution in [2.75, 3.05) is 13.7 Å². The monoisotopic (exact) mass is 299 g/mol. The molecule has 2 N–H and O–H groups in total. The molecule has 2 atom stereocenters. The number of carbonyl (C=O) groups is 1. The minimum atomic E-state index is -0.210. The average Bonchev–Trinajstić information content (AvgIpc) is 2.38. The molecule has 0 aromatic heterocycles. The highest BCUT2D eigenvalue weighted by Gasteiger charge is 2.17. The highest BCUT2D eigenvalue weighted by molar-refractivity contribution is 6.31. The third kappa shape index (κ3) is 5.02. The van der Waals surface area contributed by atoms with Gasteiger partial charge in [-0.2, -0.15) is 0 Å². The Labute approximate surface area is 125 Å². The van der Waals surface area contributed by atoms with E-state index >= 15 is 0 Å². The number of halogens is 1. The molecule has 5 heteroatoms. The maximum Gasteiger partial charge on any atom is 0.306 e. The summed E-state index contributed by atoms with van der Waals surface area (Å²) < 4.78 is 10.0. The predicted octanol–water partition coefficient (Wildman–Crippen LogP) is 3.33. The second kappa shape index (κ2) is 8.12. The molecule has 0 saturated carbocycles. The molecule has 0 radical (unpaired) electrons. The summed E-state index contributed by atoms with van der Waals surface area (Å²) in [6.07, 6.45) is 1.04. The van der Waals surface area contributed by atoms with Crippen LogP contribution in [0.15, 0.2) is 18.2 Å². The molecule has 0 aliphatic heterocycles. The largest absolute Gasteiger partial charge is 0.497 e. The van der Waals surface area contributed by atoms with Crippen molar-refractivity contribution in [2.24, 2.45) is 11.7 Å². The summed E-state index contributed by atoms with van der Waals surface area (Å²) in [5.41, 5.74) is 7.02. The molecule has 1 rings (SSSR count). The first-order valence-corrected chi connectivity index (χ1v) is 7.10. The van der Waals surface area contributed by atoms with Crippen LogP contribution >= 0.6 is 11.6 Å². The van der Waals surface area contributed by atoms with E-state index in [-0.39, 0.29) is 17.9 Å². The van der Waals surface area contributed by atoms with Crippen molar-refractivity contribution in [2.45, 2.75) is 32.7 Å². The van der Waals surface area contributed by atoms with Crippen LogP contribution in [0.3, 0.4) is 0 Å². The quantitative estimate of drug-likeness (QED) is 0.785. The first-order chi connectivity index (χ1) is 9.47. The van der Waals surface area contributed by atoms with E-state index in [0.717, 1.165) is 5.56 Å². The summed E-state index contributed by atoms with van der Waals surface area (Å²) in [5, 5.41) is 0.584. The summed E-state index contributed by atoms with van der Waals surface area (Å²) in [7, 11) is 1.59. The van der Waals surface area contributed by atoms with E-state index in [1.54, 1.807) is 20.1 Å². The Bertz CT molecular complexity index is 451. The van der Waals surface area contributed by atoms with Crippen LogP contribution in [0.25, 0.3) is 0 Å². The number of carbonyl (C=O) groups excluding carboxylic acids is 1. The molecule has 0 aliphatic carbocycles. The first-order valence-electron chi connectivity index (χ1n) is 6.72. The fourth-order valence-electron chi connectivity index (χ4n) is 2.08. The van der Waals surface area contributed by atoms with Gasteiger partial charge in [-0.3, -0.25) is 4.79 Å². The van der Waals surface area contributed by atoms with Crippen LogP contribution in [-0.2, 0) is 9.53 Å². The molecule has 0 aliphatic rings. The van der Waals surface area contributed by atoms with E-state index in [4.69, 9.17) is 26.8 Å². The summed E-state index contributed by atoms with van der Waals surface area (Å²) >= 11 is 6.19. The standard InChI is InChI=1S/C15H22ClNO3/c1-4-20-15(18)8-10(2)7-14(17)12-6-5-11(19-3)9-13(12)16/h5-6,9-10,14H,4,7-8,17H2,1-3H3. The van der Waals surface area contributed by atoms with E-state index in [1.807, 2.05) is 19.1 Å². The number of nitrogens with two attached hydrogens (primary N) is 1. The number of hydrogen-bond donors (Lipinski definition) is 1. The van der Waals surface area contributed by atoms with Crippen molar-refractivity contribution in [1.82, 2.24) is 0 Å². The highest BCUT2D eigenvalue weighted by Crippen LogP contribution is 2.30. The molecule has 20 heavy (non-hydrogen) atoms. The molecule has 0 amide bonds. The Morgan fingerprint density at radius 1 is 1.45 bits per heavy atom. The zero-order valence-corrected chi connectivity index (χ0v) is 12.9. The summed E-state index contributed by atoms with van der Waals surface area (Å²) in [6, 6.07) is 5.23. The number of rotatable bonds is 7. The number of ether oxygens (including phenoxy) is 2. The van der Waals surface area contributed by atoms with Crippen LogP contribution in [0.1, 0.15) is 38.3 Å². The Balaban J connectivity index is 2.61. The van der Waals surface area contributed by atoms with Crippen LogP contribution < -0.4 is 10.5 Å². The minimum absolute atomic E-state index is 0.141. The SMILES string of the molecule is CCOC(=O)CC(C)CC(N)c1ccc(OC)cc1Cl. The Morgan fingerprint density at radius 2 is 2.15 bits per heavy atom. The molecule has 0 saturated heterocycles. The van der Waals surface area contributed by atoms with Gasteiger partial charge in [-0.1, -0.05) is 24.6 Å². The molecule has 0 heterocycles. The van der Waals surface area contributed by atoms with Crippen LogP contribution in [0.2, 0.25) is 5.02 Å². The van der Waals surface area contributed by atoms with Crippen molar-refractivity contribution >= 4 is 17.6 Å². The van der Waals surface area contributed by atoms with E-state index in [1.165, 1.54) is 0 Å². The highest BCUT2D eigenvalue weighted by atomic mass is 35.5. The van der Waals surface area contributed by atoms with E-state index < -0.39 is 0 Å². The molecule has 1 aromatic carbocycles. The van der Waals surface area contributed by atoms with Gasteiger partial charge in [0.15, 0.2) is 0 Å². The third-order valence-electron chi connectivity index (χ3n) is 3.08. The maximum absolute atomic E-state index is 11.4. The van der Waals surface area contributed by atoms with Gasteiger partial charge in [0.1, 0.15) is 5.75 Å². The molecular formula is C15H22ClNO3. The molecule has 1 aromatic rings. The van der Waals surface area contributed by atoms with Gasteiger partial charge >= 0.3 is 5.97 Å². The van der Waals surface area contributed by atoms with Gasteiger partial charge in [0.2, 0.25) is 0 Å². The zero-order valence-electron chi connectivity index (χ0n) is 12.2. The lowest BCUT2D eigenvalue weighted by Crippen LogP contribution is -2.17. The number of benzene rings is 1. The average molecular weight is 300 g/mol. The predicted molar refractivity (Wildman–Crippen MR) is 80.0 cm³/mol.